The maximum Gasteiger partial charge on any atom is 0.355 e. The molecule has 0 spiro atoms. The summed E-state index contributed by atoms with van der Waals surface area (Å²) in [5, 5.41) is 10.6. The van der Waals surface area contributed by atoms with Crippen LogP contribution >= 0.6 is 0 Å². The summed E-state index contributed by atoms with van der Waals surface area (Å²) in [7, 11) is 1.43. The second-order valence-corrected chi connectivity index (χ2v) is 11.0. The Kier molecular flexibility index (Phi) is 8.13. The van der Waals surface area contributed by atoms with Gasteiger partial charge in [-0.1, -0.05) is 19.9 Å². The lowest BCUT2D eigenvalue weighted by molar-refractivity contribution is 0.299. The minimum atomic E-state index is -0.603. The van der Waals surface area contributed by atoms with Crippen molar-refractivity contribution in [1.82, 2.24) is 24.4 Å². The number of halogens is 2. The van der Waals surface area contributed by atoms with Crippen LogP contribution in [0.5, 0.6) is 5.75 Å². The normalized spacial score (nSPS) is 15.7. The van der Waals surface area contributed by atoms with Crippen LogP contribution < -0.4 is 15.3 Å². The second kappa shape index (κ2) is 11.8. The van der Waals surface area contributed by atoms with Gasteiger partial charge in [-0.15, -0.1) is 0 Å². The van der Waals surface area contributed by atoms with E-state index >= 15 is 4.39 Å². The molecule has 1 aromatic carbocycles. The van der Waals surface area contributed by atoms with Gasteiger partial charge in [-0.2, -0.15) is 10.2 Å². The Bertz CT molecular complexity index is 1840. The van der Waals surface area contributed by atoms with E-state index in [1.807, 2.05) is 37.5 Å². The fourth-order valence-electron chi connectivity index (χ4n) is 5.79. The molecule has 1 saturated heterocycles. The van der Waals surface area contributed by atoms with Crippen molar-refractivity contribution in [2.45, 2.75) is 46.6 Å². The standard InChI is InChI=1S/C32H33F2N7O2/c1-18(2)28-29(19(3)10-11-36-28)41-30-27(25(22(14-35)15-37-30)26-23(34)8-7-9-24(26)43-6)31(38-32(41)42)40-13-12-39(16-20(4)33)17-21(40)5/h7-11,15-16,18,21H,12-13,17H2,1-6H3/t21-/m0/s1. The molecular formula is C32H33F2N7O2. The fraction of sp³-hybridized carbons (Fsp3) is 0.344. The van der Waals surface area contributed by atoms with Gasteiger partial charge in [-0.05, 0) is 50.5 Å². The van der Waals surface area contributed by atoms with E-state index in [9.17, 15) is 14.4 Å². The van der Waals surface area contributed by atoms with Crippen molar-refractivity contribution in [2.24, 2.45) is 0 Å². The average Bonchev–Trinajstić information content (AvgIpc) is 2.96. The third kappa shape index (κ3) is 5.29. The number of allylic oxidation sites excluding steroid dienone is 1. The first-order valence-electron chi connectivity index (χ1n) is 14.1. The van der Waals surface area contributed by atoms with Crippen LogP contribution in [0.3, 0.4) is 0 Å². The molecule has 0 radical (unpaired) electrons. The molecule has 1 aliphatic heterocycles. The van der Waals surface area contributed by atoms with Crippen LogP contribution in [-0.4, -0.2) is 57.2 Å². The number of methoxy groups -OCH3 is 1. The predicted molar refractivity (Wildman–Crippen MR) is 162 cm³/mol. The number of ether oxygens (including phenoxy) is 1. The Hall–Kier alpha value is -4.85. The first-order chi connectivity index (χ1) is 20.6. The lowest BCUT2D eigenvalue weighted by Gasteiger charge is -2.40. The molecule has 4 aromatic rings. The van der Waals surface area contributed by atoms with Crippen molar-refractivity contribution in [3.05, 3.63) is 81.8 Å². The number of anilines is 1. The van der Waals surface area contributed by atoms with Crippen molar-refractivity contribution in [1.29, 1.82) is 5.26 Å². The highest BCUT2D eigenvalue weighted by Crippen LogP contribution is 2.42. The number of aromatic nitrogens is 4. The van der Waals surface area contributed by atoms with Gasteiger partial charge >= 0.3 is 5.69 Å². The monoisotopic (exact) mass is 585 g/mol. The molecule has 1 aliphatic rings. The molecule has 4 heterocycles. The lowest BCUT2D eigenvalue weighted by atomic mass is 9.96. The Morgan fingerprint density at radius 1 is 1.21 bits per heavy atom. The Labute approximate surface area is 248 Å². The quantitative estimate of drug-likeness (QED) is 0.287. The van der Waals surface area contributed by atoms with Gasteiger partial charge in [-0.25, -0.2) is 23.1 Å². The number of hydrogen-bond donors (Lipinski definition) is 0. The highest BCUT2D eigenvalue weighted by atomic mass is 19.1. The van der Waals surface area contributed by atoms with Crippen LogP contribution in [-0.2, 0) is 0 Å². The summed E-state index contributed by atoms with van der Waals surface area (Å²) >= 11 is 0. The number of nitrogens with zero attached hydrogens (tertiary/aromatic N) is 7. The SMILES string of the molecule is COc1cccc(F)c1-c1c(C#N)cnc2c1c(N1CCN(C=C(C)F)C[C@@H]1C)nc(=O)n2-c1c(C)ccnc1C(C)C. The van der Waals surface area contributed by atoms with Crippen molar-refractivity contribution in [3.8, 4) is 28.6 Å². The first-order valence-corrected chi connectivity index (χ1v) is 14.1. The minimum Gasteiger partial charge on any atom is -0.496 e. The van der Waals surface area contributed by atoms with Crippen LogP contribution in [0.2, 0.25) is 0 Å². The van der Waals surface area contributed by atoms with Crippen LogP contribution in [0.1, 0.15) is 50.4 Å². The maximum absolute atomic E-state index is 15.8. The summed E-state index contributed by atoms with van der Waals surface area (Å²) in [5.74, 6) is -0.470. The summed E-state index contributed by atoms with van der Waals surface area (Å²) in [6.45, 7) is 10.5. The van der Waals surface area contributed by atoms with Gasteiger partial charge in [0.2, 0.25) is 0 Å². The zero-order valence-electron chi connectivity index (χ0n) is 25.0. The predicted octanol–water partition coefficient (Wildman–Crippen LogP) is 5.64. The highest BCUT2D eigenvalue weighted by molar-refractivity contribution is 6.04. The van der Waals surface area contributed by atoms with Crippen LogP contribution in [0.4, 0.5) is 14.6 Å². The topological polar surface area (TPSA) is 100 Å². The number of benzene rings is 1. The third-order valence-electron chi connectivity index (χ3n) is 7.67. The fourth-order valence-corrected chi connectivity index (χ4v) is 5.79. The molecule has 43 heavy (non-hydrogen) atoms. The van der Waals surface area contributed by atoms with Gasteiger partial charge in [-0.3, -0.25) is 4.98 Å². The first kappa shape index (κ1) is 29.6. The summed E-state index contributed by atoms with van der Waals surface area (Å²) in [6.07, 6.45) is 4.50. The van der Waals surface area contributed by atoms with E-state index in [0.29, 0.717) is 36.4 Å². The maximum atomic E-state index is 15.8. The van der Waals surface area contributed by atoms with Crippen LogP contribution in [0, 0.1) is 24.1 Å². The zero-order valence-corrected chi connectivity index (χ0v) is 25.0. The van der Waals surface area contributed by atoms with Crippen molar-refractivity contribution >= 4 is 16.9 Å². The number of pyridine rings is 2. The van der Waals surface area contributed by atoms with Crippen molar-refractivity contribution < 1.29 is 13.5 Å². The van der Waals surface area contributed by atoms with E-state index in [4.69, 9.17) is 4.74 Å². The summed E-state index contributed by atoms with van der Waals surface area (Å²) in [6, 6.07) is 8.18. The molecular weight excluding hydrogens is 552 g/mol. The molecule has 0 N–H and O–H groups in total. The molecule has 11 heteroatoms. The summed E-state index contributed by atoms with van der Waals surface area (Å²) in [4.78, 5) is 31.7. The number of nitriles is 1. The van der Waals surface area contributed by atoms with Gasteiger partial charge in [0, 0.05) is 49.8 Å². The highest BCUT2D eigenvalue weighted by Gasteiger charge is 2.31. The van der Waals surface area contributed by atoms with Gasteiger partial charge in [0.1, 0.15) is 29.3 Å². The number of rotatable bonds is 6. The lowest BCUT2D eigenvalue weighted by Crippen LogP contribution is -2.51. The molecule has 0 aliphatic carbocycles. The Morgan fingerprint density at radius 2 is 1.98 bits per heavy atom. The van der Waals surface area contributed by atoms with E-state index in [2.05, 4.69) is 21.0 Å². The number of hydrogen-bond acceptors (Lipinski definition) is 8. The molecule has 0 amide bonds. The smallest absolute Gasteiger partial charge is 0.355 e. The van der Waals surface area contributed by atoms with Crippen LogP contribution in [0.15, 0.2) is 53.5 Å². The number of fused-ring (bicyclic) bond motifs is 1. The molecule has 1 fully saturated rings. The molecule has 0 unspecified atom stereocenters. The van der Waals surface area contributed by atoms with E-state index < -0.39 is 11.5 Å². The number of aryl methyl sites for hydroxylation is 1. The molecule has 0 saturated carbocycles. The largest absolute Gasteiger partial charge is 0.496 e. The molecule has 5 rings (SSSR count). The van der Waals surface area contributed by atoms with Crippen molar-refractivity contribution in [3.63, 3.8) is 0 Å². The minimum absolute atomic E-state index is 0.0406. The molecule has 3 aromatic heterocycles. The Morgan fingerprint density at radius 3 is 2.63 bits per heavy atom. The summed E-state index contributed by atoms with van der Waals surface area (Å²) in [5.41, 5.74) is 2.00. The molecule has 9 nitrogen and oxygen atoms in total. The molecule has 0 bridgehead atoms. The van der Waals surface area contributed by atoms with E-state index in [1.54, 1.807) is 18.3 Å². The van der Waals surface area contributed by atoms with Gasteiger partial charge in [0.05, 0.1) is 35.0 Å². The number of piperazine rings is 1. The van der Waals surface area contributed by atoms with Gasteiger partial charge < -0.3 is 14.5 Å². The Balaban J connectivity index is 1.94. The van der Waals surface area contributed by atoms with Gasteiger partial charge in [0.25, 0.3) is 0 Å². The van der Waals surface area contributed by atoms with Crippen LogP contribution in [0.25, 0.3) is 27.8 Å². The zero-order chi connectivity index (χ0) is 31.0. The average molecular weight is 586 g/mol. The van der Waals surface area contributed by atoms with E-state index in [-0.39, 0.29) is 51.7 Å². The van der Waals surface area contributed by atoms with Crippen molar-refractivity contribution in [2.75, 3.05) is 31.6 Å². The van der Waals surface area contributed by atoms with E-state index in [0.717, 1.165) is 5.56 Å². The molecule has 1 atom stereocenters. The molecule has 222 valence electrons. The third-order valence-corrected chi connectivity index (χ3v) is 7.67. The second-order valence-electron chi connectivity index (χ2n) is 11.0. The summed E-state index contributed by atoms with van der Waals surface area (Å²) < 4.78 is 36.4. The van der Waals surface area contributed by atoms with E-state index in [1.165, 1.54) is 43.1 Å². The van der Waals surface area contributed by atoms with Gasteiger partial charge in [0.15, 0.2) is 5.65 Å².